The van der Waals surface area contributed by atoms with Crippen molar-refractivity contribution in [2.24, 2.45) is 0 Å². The average Bonchev–Trinajstić information content (AvgIpc) is 2.79. The standard InChI is InChI=1S/C26H24F3NO3/c1-3-32-22-13-18-14-24(31)30(20-12-8-11-19(15-20)26(27,28)29)25(17-9-6-5-7-10-17)21(18)16-23(22)33-4-2/h5-13,15-16,25H,3-4,14H2,1-2H3/t25-/m1/s1. The number of anilines is 1. The number of benzene rings is 3. The lowest BCUT2D eigenvalue weighted by atomic mass is 9.86. The first-order valence-corrected chi connectivity index (χ1v) is 10.8. The minimum absolute atomic E-state index is 0.0430. The molecule has 0 saturated heterocycles. The fraction of sp³-hybridized carbons (Fsp3) is 0.269. The predicted molar refractivity (Wildman–Crippen MR) is 120 cm³/mol. The second-order valence-electron chi connectivity index (χ2n) is 7.67. The molecule has 0 fully saturated rings. The van der Waals surface area contributed by atoms with Crippen LogP contribution in [-0.2, 0) is 17.4 Å². The smallest absolute Gasteiger partial charge is 0.416 e. The van der Waals surface area contributed by atoms with Crippen LogP contribution in [-0.4, -0.2) is 19.1 Å². The van der Waals surface area contributed by atoms with Gasteiger partial charge >= 0.3 is 6.18 Å². The number of amides is 1. The lowest BCUT2D eigenvalue weighted by molar-refractivity contribution is -0.137. The summed E-state index contributed by atoms with van der Waals surface area (Å²) < 4.78 is 51.8. The zero-order valence-electron chi connectivity index (χ0n) is 18.4. The third-order valence-electron chi connectivity index (χ3n) is 5.54. The highest BCUT2D eigenvalue weighted by Gasteiger charge is 2.37. The van der Waals surface area contributed by atoms with Crippen LogP contribution in [0.2, 0.25) is 0 Å². The summed E-state index contributed by atoms with van der Waals surface area (Å²) >= 11 is 0. The van der Waals surface area contributed by atoms with Crippen LogP contribution in [0.5, 0.6) is 11.5 Å². The van der Waals surface area contributed by atoms with E-state index in [9.17, 15) is 18.0 Å². The van der Waals surface area contributed by atoms with Gasteiger partial charge in [-0.1, -0.05) is 36.4 Å². The molecule has 1 aliphatic rings. The first-order chi connectivity index (χ1) is 15.8. The Kier molecular flexibility index (Phi) is 6.31. The number of carbonyl (C=O) groups excluding carboxylic acids is 1. The third-order valence-corrected chi connectivity index (χ3v) is 5.54. The number of hydrogen-bond acceptors (Lipinski definition) is 3. The van der Waals surface area contributed by atoms with E-state index < -0.39 is 17.8 Å². The Labute approximate surface area is 190 Å². The summed E-state index contributed by atoms with van der Waals surface area (Å²) in [7, 11) is 0. The van der Waals surface area contributed by atoms with Crippen LogP contribution < -0.4 is 14.4 Å². The number of fused-ring (bicyclic) bond motifs is 1. The van der Waals surface area contributed by atoms with Gasteiger partial charge in [-0.05, 0) is 60.9 Å². The molecule has 0 N–H and O–H groups in total. The van der Waals surface area contributed by atoms with Crippen molar-refractivity contribution in [2.45, 2.75) is 32.5 Å². The van der Waals surface area contributed by atoms with Gasteiger partial charge in [0, 0.05) is 5.69 Å². The van der Waals surface area contributed by atoms with Crippen molar-refractivity contribution in [2.75, 3.05) is 18.1 Å². The fourth-order valence-electron chi connectivity index (χ4n) is 4.18. The molecule has 0 saturated carbocycles. The van der Waals surface area contributed by atoms with Gasteiger partial charge in [-0.25, -0.2) is 0 Å². The van der Waals surface area contributed by atoms with Crippen LogP contribution in [0.25, 0.3) is 0 Å². The number of nitrogens with zero attached hydrogens (tertiary/aromatic N) is 1. The van der Waals surface area contributed by atoms with Gasteiger partial charge in [0.15, 0.2) is 11.5 Å². The second-order valence-corrected chi connectivity index (χ2v) is 7.67. The Bertz CT molecular complexity index is 1150. The molecule has 0 spiro atoms. The topological polar surface area (TPSA) is 38.8 Å². The normalized spacial score (nSPS) is 15.8. The zero-order valence-corrected chi connectivity index (χ0v) is 18.4. The van der Waals surface area contributed by atoms with Gasteiger partial charge in [0.05, 0.1) is 31.2 Å². The highest BCUT2D eigenvalue weighted by molar-refractivity contribution is 5.98. The van der Waals surface area contributed by atoms with Crippen molar-refractivity contribution < 1.29 is 27.4 Å². The van der Waals surface area contributed by atoms with Crippen molar-refractivity contribution >= 4 is 11.6 Å². The molecule has 33 heavy (non-hydrogen) atoms. The fourth-order valence-corrected chi connectivity index (χ4v) is 4.18. The minimum Gasteiger partial charge on any atom is -0.490 e. The van der Waals surface area contributed by atoms with E-state index >= 15 is 0 Å². The zero-order chi connectivity index (χ0) is 23.6. The second kappa shape index (κ2) is 9.17. The molecule has 1 aliphatic heterocycles. The third kappa shape index (κ3) is 4.53. The highest BCUT2D eigenvalue weighted by Crippen LogP contribution is 2.44. The molecule has 4 nitrogen and oxygen atoms in total. The molecule has 172 valence electrons. The first-order valence-electron chi connectivity index (χ1n) is 10.8. The monoisotopic (exact) mass is 455 g/mol. The van der Waals surface area contributed by atoms with Gasteiger partial charge in [0.1, 0.15) is 0 Å². The molecule has 7 heteroatoms. The summed E-state index contributed by atoms with van der Waals surface area (Å²) in [4.78, 5) is 14.8. The number of alkyl halides is 3. The van der Waals surface area contributed by atoms with Crippen molar-refractivity contribution in [1.29, 1.82) is 0 Å². The SMILES string of the molecule is CCOc1cc2c(cc1OCC)[C@@H](c1ccccc1)N(c1cccc(C(F)(F)F)c1)C(=O)C2. The predicted octanol–water partition coefficient (Wildman–Crippen LogP) is 6.18. The molecule has 0 unspecified atom stereocenters. The number of halogens is 3. The summed E-state index contributed by atoms with van der Waals surface area (Å²) in [6.45, 7) is 4.58. The Hall–Kier alpha value is -3.48. The maximum Gasteiger partial charge on any atom is 0.416 e. The van der Waals surface area contributed by atoms with Crippen LogP contribution in [0.1, 0.15) is 42.1 Å². The largest absolute Gasteiger partial charge is 0.490 e. The van der Waals surface area contributed by atoms with E-state index in [1.165, 1.54) is 17.0 Å². The van der Waals surface area contributed by atoms with Crippen LogP contribution in [0.3, 0.4) is 0 Å². The van der Waals surface area contributed by atoms with Crippen molar-refractivity contribution in [1.82, 2.24) is 0 Å². The molecule has 0 radical (unpaired) electrons. The van der Waals surface area contributed by atoms with Crippen molar-refractivity contribution in [3.05, 3.63) is 89.0 Å². The van der Waals surface area contributed by atoms with Gasteiger partial charge in [-0.3, -0.25) is 4.79 Å². The van der Waals surface area contributed by atoms with E-state index in [1.807, 2.05) is 50.2 Å². The highest BCUT2D eigenvalue weighted by atomic mass is 19.4. The number of rotatable bonds is 6. The molecule has 3 aromatic carbocycles. The summed E-state index contributed by atoms with van der Waals surface area (Å²) in [6.07, 6.45) is -4.47. The molecule has 0 aromatic heterocycles. The minimum atomic E-state index is -4.51. The van der Waals surface area contributed by atoms with E-state index in [2.05, 4.69) is 0 Å². The molecule has 3 aromatic rings. The van der Waals surface area contributed by atoms with Crippen LogP contribution in [0, 0.1) is 0 Å². The van der Waals surface area contributed by atoms with E-state index in [1.54, 1.807) is 6.07 Å². The maximum absolute atomic E-state index is 13.4. The van der Waals surface area contributed by atoms with Gasteiger partial charge in [-0.2, -0.15) is 13.2 Å². The summed E-state index contributed by atoms with van der Waals surface area (Å²) in [5, 5.41) is 0. The van der Waals surface area contributed by atoms with E-state index in [0.717, 1.165) is 28.8 Å². The van der Waals surface area contributed by atoms with Gasteiger partial charge in [0.25, 0.3) is 0 Å². The number of hydrogen-bond donors (Lipinski definition) is 0. The van der Waals surface area contributed by atoms with Crippen molar-refractivity contribution in [3.8, 4) is 11.5 Å². The lowest BCUT2D eigenvalue weighted by Crippen LogP contribution is -2.41. The van der Waals surface area contributed by atoms with E-state index in [0.29, 0.717) is 24.7 Å². The van der Waals surface area contributed by atoms with Gasteiger partial charge in [0.2, 0.25) is 5.91 Å². The lowest BCUT2D eigenvalue weighted by Gasteiger charge is -2.38. The molecular formula is C26H24F3NO3. The quantitative estimate of drug-likeness (QED) is 0.445. The number of carbonyl (C=O) groups is 1. The van der Waals surface area contributed by atoms with Crippen LogP contribution in [0.15, 0.2) is 66.7 Å². The molecule has 1 heterocycles. The Morgan fingerprint density at radius 2 is 1.58 bits per heavy atom. The van der Waals surface area contributed by atoms with Crippen LogP contribution in [0.4, 0.5) is 18.9 Å². The average molecular weight is 455 g/mol. The van der Waals surface area contributed by atoms with Crippen molar-refractivity contribution in [3.63, 3.8) is 0 Å². The van der Waals surface area contributed by atoms with Gasteiger partial charge < -0.3 is 14.4 Å². The molecule has 0 bridgehead atoms. The summed E-state index contributed by atoms with van der Waals surface area (Å²) in [5.74, 6) is 0.796. The van der Waals surface area contributed by atoms with E-state index in [4.69, 9.17) is 9.47 Å². The summed E-state index contributed by atoms with van der Waals surface area (Å²) in [5.41, 5.74) is 1.75. The summed E-state index contributed by atoms with van der Waals surface area (Å²) in [6, 6.07) is 17.2. The maximum atomic E-state index is 13.4. The number of ether oxygens (including phenoxy) is 2. The molecule has 1 amide bonds. The molecular weight excluding hydrogens is 431 g/mol. The first kappa shape index (κ1) is 22.7. The Morgan fingerprint density at radius 1 is 0.909 bits per heavy atom. The van der Waals surface area contributed by atoms with Crippen LogP contribution >= 0.6 is 0 Å². The van der Waals surface area contributed by atoms with Gasteiger partial charge in [-0.15, -0.1) is 0 Å². The Balaban J connectivity index is 1.91. The molecule has 4 rings (SSSR count). The molecule has 0 aliphatic carbocycles. The Morgan fingerprint density at radius 3 is 2.21 bits per heavy atom. The molecule has 1 atom stereocenters. The van der Waals surface area contributed by atoms with E-state index in [-0.39, 0.29) is 18.0 Å².